The van der Waals surface area contributed by atoms with Crippen LogP contribution in [0.4, 0.5) is 5.69 Å². The summed E-state index contributed by atoms with van der Waals surface area (Å²) in [6, 6.07) is 14.3. The summed E-state index contributed by atoms with van der Waals surface area (Å²) in [6.45, 7) is 4.79. The molecule has 94 valence electrons. The summed E-state index contributed by atoms with van der Waals surface area (Å²) in [5, 5.41) is 3.35. The van der Waals surface area contributed by atoms with Crippen LogP contribution in [0.1, 0.15) is 19.4 Å². The molecule has 1 aromatic heterocycles. The number of benzene rings is 1. The predicted octanol–water partition coefficient (Wildman–Crippen LogP) is 3.48. The molecule has 0 bridgehead atoms. The highest BCUT2D eigenvalue weighted by molar-refractivity contribution is 5.45. The van der Waals surface area contributed by atoms with Crippen molar-refractivity contribution in [3.63, 3.8) is 0 Å². The van der Waals surface area contributed by atoms with E-state index in [-0.39, 0.29) is 0 Å². The van der Waals surface area contributed by atoms with Crippen LogP contribution in [0.3, 0.4) is 0 Å². The van der Waals surface area contributed by atoms with Gasteiger partial charge in [-0.15, -0.1) is 0 Å². The van der Waals surface area contributed by atoms with Gasteiger partial charge in [-0.25, -0.2) is 4.98 Å². The second kappa shape index (κ2) is 6.05. The number of pyridine rings is 1. The zero-order chi connectivity index (χ0) is 12.8. The monoisotopic (exact) mass is 242 g/mol. The molecular weight excluding hydrogens is 224 g/mol. The molecule has 2 rings (SSSR count). The van der Waals surface area contributed by atoms with E-state index in [9.17, 15) is 0 Å². The van der Waals surface area contributed by atoms with Crippen molar-refractivity contribution in [3.05, 3.63) is 54.2 Å². The van der Waals surface area contributed by atoms with E-state index in [0.29, 0.717) is 18.5 Å². The van der Waals surface area contributed by atoms with Crippen molar-refractivity contribution in [3.8, 4) is 5.88 Å². The number of nitrogens with one attached hydrogen (secondary N) is 1. The van der Waals surface area contributed by atoms with E-state index in [2.05, 4.69) is 48.4 Å². The Morgan fingerprint density at radius 1 is 1.11 bits per heavy atom. The Kier molecular flexibility index (Phi) is 4.18. The van der Waals surface area contributed by atoms with Gasteiger partial charge in [0.2, 0.25) is 5.88 Å². The first-order chi connectivity index (χ1) is 8.74. The number of hydrogen-bond donors (Lipinski definition) is 1. The number of rotatable bonds is 5. The Bertz CT molecular complexity index is 466. The highest BCUT2D eigenvalue weighted by Gasteiger charge is 1.98. The number of aromatic nitrogens is 1. The van der Waals surface area contributed by atoms with Gasteiger partial charge in [0.15, 0.2) is 0 Å². The minimum atomic E-state index is 0.445. The molecular formula is C15H18N2O. The first kappa shape index (κ1) is 12.4. The molecule has 2 aromatic rings. The molecule has 1 aromatic carbocycles. The third-order valence-corrected chi connectivity index (χ3v) is 2.43. The van der Waals surface area contributed by atoms with E-state index in [1.54, 1.807) is 6.20 Å². The van der Waals surface area contributed by atoms with E-state index >= 15 is 0 Å². The molecule has 0 aliphatic carbocycles. The smallest absolute Gasteiger partial charge is 0.213 e. The molecule has 3 nitrogen and oxygen atoms in total. The van der Waals surface area contributed by atoms with Crippen molar-refractivity contribution >= 4 is 5.69 Å². The summed E-state index contributed by atoms with van der Waals surface area (Å²) >= 11 is 0. The van der Waals surface area contributed by atoms with Crippen LogP contribution in [0.25, 0.3) is 0 Å². The van der Waals surface area contributed by atoms with Crippen LogP contribution in [-0.4, -0.2) is 11.0 Å². The lowest BCUT2D eigenvalue weighted by Crippen LogP contribution is -2.09. The predicted molar refractivity (Wildman–Crippen MR) is 73.8 cm³/mol. The van der Waals surface area contributed by atoms with Gasteiger partial charge in [0.1, 0.15) is 6.61 Å². The fourth-order valence-corrected chi connectivity index (χ4v) is 1.62. The summed E-state index contributed by atoms with van der Waals surface area (Å²) in [6.07, 6.45) is 1.73. The summed E-state index contributed by atoms with van der Waals surface area (Å²) < 4.78 is 5.58. The fraction of sp³-hybridized carbons (Fsp3) is 0.267. The minimum absolute atomic E-state index is 0.445. The van der Waals surface area contributed by atoms with Gasteiger partial charge >= 0.3 is 0 Å². The van der Waals surface area contributed by atoms with E-state index in [1.165, 1.54) is 0 Å². The highest BCUT2D eigenvalue weighted by Crippen LogP contribution is 2.13. The summed E-state index contributed by atoms with van der Waals surface area (Å²) in [5.41, 5.74) is 2.27. The Balaban J connectivity index is 1.90. The molecule has 0 unspecified atom stereocenters. The first-order valence-electron chi connectivity index (χ1n) is 6.13. The molecule has 0 saturated carbocycles. The third kappa shape index (κ3) is 3.77. The molecule has 3 heteroatoms. The van der Waals surface area contributed by atoms with E-state index < -0.39 is 0 Å². The largest absolute Gasteiger partial charge is 0.473 e. The second-order valence-electron chi connectivity index (χ2n) is 4.45. The Hall–Kier alpha value is -2.03. The van der Waals surface area contributed by atoms with Gasteiger partial charge in [0, 0.05) is 24.0 Å². The average Bonchev–Trinajstić information content (AvgIpc) is 2.38. The average molecular weight is 242 g/mol. The van der Waals surface area contributed by atoms with Gasteiger partial charge in [-0.1, -0.05) is 18.2 Å². The standard InChI is InChI=1S/C15H18N2O/c1-12(2)17-14-8-6-13(7-9-14)11-18-15-5-3-4-10-16-15/h3-10,12,17H,11H2,1-2H3. The zero-order valence-corrected chi connectivity index (χ0v) is 10.8. The lowest BCUT2D eigenvalue weighted by Gasteiger charge is -2.10. The number of nitrogens with zero attached hydrogens (tertiary/aromatic N) is 1. The molecule has 0 spiro atoms. The normalized spacial score (nSPS) is 10.4. The molecule has 0 aliphatic heterocycles. The van der Waals surface area contributed by atoms with Crippen molar-refractivity contribution in [1.29, 1.82) is 0 Å². The molecule has 0 saturated heterocycles. The van der Waals surface area contributed by atoms with Crippen LogP contribution in [0.5, 0.6) is 5.88 Å². The Labute approximate surface area is 108 Å². The van der Waals surface area contributed by atoms with E-state index in [1.807, 2.05) is 18.2 Å². The van der Waals surface area contributed by atoms with E-state index in [0.717, 1.165) is 11.3 Å². The first-order valence-corrected chi connectivity index (χ1v) is 6.13. The SMILES string of the molecule is CC(C)Nc1ccc(COc2ccccn2)cc1. The van der Waals surface area contributed by atoms with Crippen molar-refractivity contribution in [2.75, 3.05) is 5.32 Å². The maximum absolute atomic E-state index is 5.58. The van der Waals surface area contributed by atoms with Crippen molar-refractivity contribution in [2.45, 2.75) is 26.5 Å². The van der Waals surface area contributed by atoms with E-state index in [4.69, 9.17) is 4.74 Å². The number of hydrogen-bond acceptors (Lipinski definition) is 3. The van der Waals surface area contributed by atoms with Gasteiger partial charge in [-0.2, -0.15) is 0 Å². The lowest BCUT2D eigenvalue weighted by atomic mass is 10.2. The maximum Gasteiger partial charge on any atom is 0.213 e. The van der Waals surface area contributed by atoms with Crippen LogP contribution in [0.2, 0.25) is 0 Å². The molecule has 0 radical (unpaired) electrons. The highest BCUT2D eigenvalue weighted by atomic mass is 16.5. The van der Waals surface area contributed by atoms with Crippen LogP contribution >= 0.6 is 0 Å². The Morgan fingerprint density at radius 3 is 2.50 bits per heavy atom. The molecule has 18 heavy (non-hydrogen) atoms. The minimum Gasteiger partial charge on any atom is -0.473 e. The maximum atomic E-state index is 5.58. The Morgan fingerprint density at radius 2 is 1.89 bits per heavy atom. The van der Waals surface area contributed by atoms with Crippen molar-refractivity contribution in [2.24, 2.45) is 0 Å². The quantitative estimate of drug-likeness (QED) is 0.871. The fourth-order valence-electron chi connectivity index (χ4n) is 1.62. The molecule has 0 fully saturated rings. The lowest BCUT2D eigenvalue weighted by molar-refractivity contribution is 0.294. The van der Waals surface area contributed by atoms with Gasteiger partial charge in [-0.3, -0.25) is 0 Å². The molecule has 0 aliphatic rings. The van der Waals surface area contributed by atoms with Gasteiger partial charge < -0.3 is 10.1 Å². The van der Waals surface area contributed by atoms with Crippen molar-refractivity contribution in [1.82, 2.24) is 4.98 Å². The summed E-state index contributed by atoms with van der Waals surface area (Å²) in [5.74, 6) is 0.655. The number of anilines is 1. The van der Waals surface area contributed by atoms with Gasteiger partial charge in [0.05, 0.1) is 0 Å². The van der Waals surface area contributed by atoms with Gasteiger partial charge in [0.25, 0.3) is 0 Å². The topological polar surface area (TPSA) is 34.1 Å². The van der Waals surface area contributed by atoms with Crippen molar-refractivity contribution < 1.29 is 4.74 Å². The molecule has 1 heterocycles. The summed E-state index contributed by atoms with van der Waals surface area (Å²) in [4.78, 5) is 4.12. The number of ether oxygens (including phenoxy) is 1. The summed E-state index contributed by atoms with van der Waals surface area (Å²) in [7, 11) is 0. The zero-order valence-electron chi connectivity index (χ0n) is 10.8. The van der Waals surface area contributed by atoms with Gasteiger partial charge in [-0.05, 0) is 37.6 Å². The van der Waals surface area contributed by atoms with Crippen LogP contribution < -0.4 is 10.1 Å². The second-order valence-corrected chi connectivity index (χ2v) is 4.45. The molecule has 1 N–H and O–H groups in total. The molecule has 0 atom stereocenters. The third-order valence-electron chi connectivity index (χ3n) is 2.43. The molecule has 0 amide bonds. The van der Waals surface area contributed by atoms with Crippen LogP contribution in [0.15, 0.2) is 48.7 Å². The van der Waals surface area contributed by atoms with Crippen LogP contribution in [-0.2, 0) is 6.61 Å². The van der Waals surface area contributed by atoms with Crippen LogP contribution in [0, 0.1) is 0 Å².